The fourth-order valence-electron chi connectivity index (χ4n) is 2.80. The first kappa shape index (κ1) is 16.1. The van der Waals surface area contributed by atoms with Crippen molar-refractivity contribution < 1.29 is 14.3 Å². The van der Waals surface area contributed by atoms with Gasteiger partial charge in [0, 0.05) is 29.8 Å². The van der Waals surface area contributed by atoms with E-state index in [0.717, 1.165) is 4.47 Å². The van der Waals surface area contributed by atoms with Crippen molar-refractivity contribution in [1.82, 2.24) is 9.47 Å². The lowest BCUT2D eigenvalue weighted by atomic mass is 9.99. The monoisotopic (exact) mass is 356 g/mol. The number of nitrogens with zero attached hydrogens (tertiary/aromatic N) is 2. The van der Waals surface area contributed by atoms with Crippen molar-refractivity contribution in [2.75, 3.05) is 20.2 Å². The number of amides is 1. The van der Waals surface area contributed by atoms with Gasteiger partial charge in [0.05, 0.1) is 13.0 Å². The summed E-state index contributed by atoms with van der Waals surface area (Å²) in [5, 5.41) is 0. The third-order valence-corrected chi connectivity index (χ3v) is 4.43. The highest BCUT2D eigenvalue weighted by Gasteiger charge is 2.38. The molecule has 1 aromatic heterocycles. The summed E-state index contributed by atoms with van der Waals surface area (Å²) < 4.78 is 7.65. The zero-order valence-electron chi connectivity index (χ0n) is 12.8. The average Bonchev–Trinajstić information content (AvgIpc) is 3.00. The summed E-state index contributed by atoms with van der Waals surface area (Å²) in [5.74, 6) is -0.386. The smallest absolute Gasteiger partial charge is 0.310 e. The Morgan fingerprint density at radius 1 is 1.38 bits per heavy atom. The minimum Gasteiger partial charge on any atom is -0.469 e. The number of ether oxygens (including phenoxy) is 1. The Bertz CT molecular complexity index is 553. The van der Waals surface area contributed by atoms with Gasteiger partial charge in [0.15, 0.2) is 0 Å². The number of aromatic nitrogens is 1. The zero-order valence-corrected chi connectivity index (χ0v) is 14.4. The molecule has 2 rings (SSSR count). The van der Waals surface area contributed by atoms with E-state index in [9.17, 15) is 9.59 Å². The molecule has 1 saturated heterocycles. The van der Waals surface area contributed by atoms with Crippen LogP contribution in [-0.2, 0) is 9.53 Å². The first-order valence-electron chi connectivity index (χ1n) is 7.09. The van der Waals surface area contributed by atoms with E-state index in [1.54, 1.807) is 4.90 Å². The van der Waals surface area contributed by atoms with Crippen LogP contribution in [0.4, 0.5) is 0 Å². The van der Waals surface area contributed by atoms with Gasteiger partial charge in [-0.05, 0) is 41.8 Å². The van der Waals surface area contributed by atoms with Crippen molar-refractivity contribution in [3.05, 3.63) is 22.4 Å². The third-order valence-electron chi connectivity index (χ3n) is 3.99. The van der Waals surface area contributed by atoms with Crippen LogP contribution in [-0.4, -0.2) is 41.5 Å². The van der Waals surface area contributed by atoms with Gasteiger partial charge in [-0.1, -0.05) is 6.92 Å². The van der Waals surface area contributed by atoms with E-state index in [2.05, 4.69) is 15.9 Å². The minimum atomic E-state index is -0.238. The Morgan fingerprint density at radius 2 is 2.05 bits per heavy atom. The van der Waals surface area contributed by atoms with Crippen LogP contribution in [0.15, 0.2) is 16.7 Å². The molecule has 21 heavy (non-hydrogen) atoms. The number of methoxy groups -OCH3 is 1. The zero-order chi connectivity index (χ0) is 15.7. The molecule has 1 aliphatic rings. The number of rotatable bonds is 3. The standard InChI is InChI=1S/C15H21BrN2O3/c1-9(2)18-7-11(16)5-13(18)14(19)17-6-10(3)12(8-17)15(20)21-4/h5,7,9-10,12H,6,8H2,1-4H3. The Hall–Kier alpha value is -1.30. The second kappa shape index (κ2) is 6.22. The first-order valence-corrected chi connectivity index (χ1v) is 7.89. The van der Waals surface area contributed by atoms with E-state index in [4.69, 9.17) is 4.74 Å². The van der Waals surface area contributed by atoms with Crippen LogP contribution >= 0.6 is 15.9 Å². The lowest BCUT2D eigenvalue weighted by Crippen LogP contribution is -2.32. The van der Waals surface area contributed by atoms with Crippen LogP contribution in [0.5, 0.6) is 0 Å². The Labute approximate surface area is 133 Å². The number of carbonyl (C=O) groups excluding carboxylic acids is 2. The van der Waals surface area contributed by atoms with Crippen LogP contribution in [0.25, 0.3) is 0 Å². The number of esters is 1. The molecule has 0 bridgehead atoms. The lowest BCUT2D eigenvalue weighted by molar-refractivity contribution is -0.146. The first-order chi connectivity index (χ1) is 9.85. The summed E-state index contributed by atoms with van der Waals surface area (Å²) in [5.41, 5.74) is 0.648. The van der Waals surface area contributed by atoms with E-state index >= 15 is 0 Å². The van der Waals surface area contributed by atoms with Gasteiger partial charge < -0.3 is 14.2 Å². The highest BCUT2D eigenvalue weighted by molar-refractivity contribution is 9.10. The molecule has 1 aromatic rings. The third kappa shape index (κ3) is 3.15. The molecule has 1 amide bonds. The van der Waals surface area contributed by atoms with E-state index in [0.29, 0.717) is 18.8 Å². The molecular formula is C15H21BrN2O3. The van der Waals surface area contributed by atoms with Crippen molar-refractivity contribution in [3.63, 3.8) is 0 Å². The van der Waals surface area contributed by atoms with Gasteiger partial charge in [-0.25, -0.2) is 0 Å². The van der Waals surface area contributed by atoms with Crippen LogP contribution < -0.4 is 0 Å². The van der Waals surface area contributed by atoms with Crippen LogP contribution in [0.3, 0.4) is 0 Å². The molecule has 116 valence electrons. The summed E-state index contributed by atoms with van der Waals surface area (Å²) in [6.07, 6.45) is 1.91. The molecule has 2 heterocycles. The molecule has 0 radical (unpaired) electrons. The number of hydrogen-bond donors (Lipinski definition) is 0. The van der Waals surface area contributed by atoms with E-state index in [1.165, 1.54) is 7.11 Å². The summed E-state index contributed by atoms with van der Waals surface area (Å²) >= 11 is 3.42. The highest BCUT2D eigenvalue weighted by Crippen LogP contribution is 2.27. The largest absolute Gasteiger partial charge is 0.469 e. The van der Waals surface area contributed by atoms with Gasteiger partial charge in [-0.2, -0.15) is 0 Å². The Kier molecular flexibility index (Phi) is 4.76. The van der Waals surface area contributed by atoms with E-state index < -0.39 is 0 Å². The predicted octanol–water partition coefficient (Wildman–Crippen LogP) is 2.71. The fraction of sp³-hybridized carbons (Fsp3) is 0.600. The summed E-state index contributed by atoms with van der Waals surface area (Å²) in [6.45, 7) is 7.06. The van der Waals surface area contributed by atoms with Gasteiger partial charge in [0.1, 0.15) is 5.69 Å². The molecule has 2 atom stereocenters. The maximum absolute atomic E-state index is 12.7. The maximum Gasteiger partial charge on any atom is 0.310 e. The Balaban J connectivity index is 2.20. The van der Waals surface area contributed by atoms with Gasteiger partial charge in [0.2, 0.25) is 0 Å². The quantitative estimate of drug-likeness (QED) is 0.782. The van der Waals surface area contributed by atoms with Crippen molar-refractivity contribution in [3.8, 4) is 0 Å². The number of halogens is 1. The summed E-state index contributed by atoms with van der Waals surface area (Å²) in [6, 6.07) is 2.03. The van der Waals surface area contributed by atoms with Crippen LogP contribution in [0.2, 0.25) is 0 Å². The van der Waals surface area contributed by atoms with Gasteiger partial charge in [-0.15, -0.1) is 0 Å². The molecule has 1 aliphatic heterocycles. The molecule has 0 aliphatic carbocycles. The topological polar surface area (TPSA) is 51.5 Å². The predicted molar refractivity (Wildman–Crippen MR) is 83.1 cm³/mol. The Morgan fingerprint density at radius 3 is 2.62 bits per heavy atom. The highest BCUT2D eigenvalue weighted by atomic mass is 79.9. The van der Waals surface area contributed by atoms with Crippen LogP contribution in [0, 0.1) is 11.8 Å². The van der Waals surface area contributed by atoms with Crippen molar-refractivity contribution in [2.24, 2.45) is 11.8 Å². The second-order valence-electron chi connectivity index (χ2n) is 5.86. The van der Waals surface area contributed by atoms with E-state index in [-0.39, 0.29) is 29.8 Å². The SMILES string of the molecule is COC(=O)C1CN(C(=O)c2cc(Br)cn2C(C)C)CC1C. The second-order valence-corrected chi connectivity index (χ2v) is 6.78. The normalized spacial score (nSPS) is 21.9. The maximum atomic E-state index is 12.7. The molecular weight excluding hydrogens is 336 g/mol. The van der Waals surface area contributed by atoms with Gasteiger partial charge >= 0.3 is 5.97 Å². The fourth-order valence-corrected chi connectivity index (χ4v) is 3.23. The molecule has 0 spiro atoms. The molecule has 0 saturated carbocycles. The molecule has 5 nitrogen and oxygen atoms in total. The van der Waals surface area contributed by atoms with Crippen molar-refractivity contribution in [2.45, 2.75) is 26.8 Å². The van der Waals surface area contributed by atoms with Gasteiger partial charge in [-0.3, -0.25) is 9.59 Å². The van der Waals surface area contributed by atoms with Crippen molar-refractivity contribution in [1.29, 1.82) is 0 Å². The molecule has 1 fully saturated rings. The number of likely N-dealkylation sites (tertiary alicyclic amines) is 1. The van der Waals surface area contributed by atoms with E-state index in [1.807, 2.05) is 37.6 Å². The molecule has 0 N–H and O–H groups in total. The molecule has 2 unspecified atom stereocenters. The van der Waals surface area contributed by atoms with Gasteiger partial charge in [0.25, 0.3) is 5.91 Å². The minimum absolute atomic E-state index is 0.0346. The molecule has 6 heteroatoms. The van der Waals surface area contributed by atoms with Crippen LogP contribution in [0.1, 0.15) is 37.3 Å². The molecule has 0 aromatic carbocycles. The number of carbonyl (C=O) groups is 2. The van der Waals surface area contributed by atoms with Crippen molar-refractivity contribution >= 4 is 27.8 Å². The lowest BCUT2D eigenvalue weighted by Gasteiger charge is -2.19. The average molecular weight is 357 g/mol. The number of hydrogen-bond acceptors (Lipinski definition) is 3. The summed E-state index contributed by atoms with van der Waals surface area (Å²) in [7, 11) is 1.39. The summed E-state index contributed by atoms with van der Waals surface area (Å²) in [4.78, 5) is 26.2.